The van der Waals surface area contributed by atoms with E-state index in [1.165, 1.54) is 0 Å². The first kappa shape index (κ1) is 16.5. The lowest BCUT2D eigenvalue weighted by molar-refractivity contribution is 0.413. The molecule has 1 fully saturated rings. The van der Waals surface area contributed by atoms with E-state index in [-0.39, 0.29) is 0 Å². The zero-order chi connectivity index (χ0) is 17.8. The zero-order valence-corrected chi connectivity index (χ0v) is 14.5. The second-order valence-electron chi connectivity index (χ2n) is 6.43. The van der Waals surface area contributed by atoms with Crippen molar-refractivity contribution < 1.29 is 0 Å². The minimum absolute atomic E-state index is 0.586. The van der Waals surface area contributed by atoms with Gasteiger partial charge >= 0.3 is 0 Å². The van der Waals surface area contributed by atoms with Crippen LogP contribution in [0, 0.1) is 5.92 Å². The maximum Gasteiger partial charge on any atom is 0.182 e. The van der Waals surface area contributed by atoms with Crippen LogP contribution in [0.1, 0.15) is 12.8 Å². The fraction of sp³-hybridized carbons (Fsp3) is 0.316. The number of nitrogens with two attached hydrogens (primary N) is 1. The van der Waals surface area contributed by atoms with Gasteiger partial charge in [-0.3, -0.25) is 9.97 Å². The minimum atomic E-state index is 0.586. The van der Waals surface area contributed by atoms with Crippen LogP contribution in [0.2, 0.25) is 0 Å². The van der Waals surface area contributed by atoms with Gasteiger partial charge in [0.05, 0.1) is 11.9 Å². The predicted octanol–water partition coefficient (Wildman–Crippen LogP) is 2.17. The average molecular weight is 347 g/mol. The van der Waals surface area contributed by atoms with Crippen LogP contribution >= 0.6 is 0 Å². The van der Waals surface area contributed by atoms with Gasteiger partial charge in [0, 0.05) is 49.5 Å². The average Bonchev–Trinajstić information content (AvgIpc) is 2.75. The number of anilines is 1. The van der Waals surface area contributed by atoms with Crippen molar-refractivity contribution in [3.8, 4) is 22.8 Å². The first-order valence-electron chi connectivity index (χ1n) is 8.84. The van der Waals surface area contributed by atoms with E-state index in [2.05, 4.69) is 19.9 Å². The Morgan fingerprint density at radius 2 is 1.77 bits per heavy atom. The van der Waals surface area contributed by atoms with Crippen molar-refractivity contribution in [2.45, 2.75) is 12.8 Å². The van der Waals surface area contributed by atoms with E-state index >= 15 is 0 Å². The second kappa shape index (κ2) is 7.53. The van der Waals surface area contributed by atoms with E-state index in [1.807, 2.05) is 18.2 Å². The molecule has 0 aliphatic carbocycles. The summed E-state index contributed by atoms with van der Waals surface area (Å²) in [6.45, 7) is 2.66. The third kappa shape index (κ3) is 3.52. The van der Waals surface area contributed by atoms with Crippen molar-refractivity contribution in [1.29, 1.82) is 0 Å². The van der Waals surface area contributed by atoms with E-state index in [4.69, 9.17) is 15.7 Å². The Kier molecular flexibility index (Phi) is 4.79. The fourth-order valence-corrected chi connectivity index (χ4v) is 3.19. The number of rotatable bonds is 4. The van der Waals surface area contributed by atoms with Crippen LogP contribution in [0.5, 0.6) is 0 Å². The number of hydrogen-bond acceptors (Lipinski definition) is 7. The maximum absolute atomic E-state index is 5.82. The highest BCUT2D eigenvalue weighted by Gasteiger charge is 2.21. The number of pyridine rings is 1. The van der Waals surface area contributed by atoms with E-state index in [0.717, 1.165) is 49.6 Å². The third-order valence-electron chi connectivity index (χ3n) is 4.75. The SMILES string of the molecule is NCC1CCN(c2cc(-c3ccncc3)nc(-c3cnccn3)n2)CC1. The number of nitrogens with zero attached hydrogens (tertiary/aromatic N) is 6. The summed E-state index contributed by atoms with van der Waals surface area (Å²) in [5.41, 5.74) is 8.36. The molecule has 4 rings (SSSR count). The van der Waals surface area contributed by atoms with Crippen LogP contribution in [0.4, 0.5) is 5.82 Å². The summed E-state index contributed by atoms with van der Waals surface area (Å²) in [7, 11) is 0. The van der Waals surface area contributed by atoms with Crippen molar-refractivity contribution in [1.82, 2.24) is 24.9 Å². The molecule has 7 heteroatoms. The number of piperidine rings is 1. The molecule has 0 spiro atoms. The van der Waals surface area contributed by atoms with Crippen LogP contribution < -0.4 is 10.6 Å². The molecule has 132 valence electrons. The molecule has 26 heavy (non-hydrogen) atoms. The van der Waals surface area contributed by atoms with Gasteiger partial charge in [-0.25, -0.2) is 15.0 Å². The van der Waals surface area contributed by atoms with Crippen LogP contribution in [0.25, 0.3) is 22.8 Å². The summed E-state index contributed by atoms with van der Waals surface area (Å²) < 4.78 is 0. The van der Waals surface area contributed by atoms with E-state index in [9.17, 15) is 0 Å². The lowest BCUT2D eigenvalue weighted by atomic mass is 9.97. The largest absolute Gasteiger partial charge is 0.356 e. The van der Waals surface area contributed by atoms with Gasteiger partial charge in [0.15, 0.2) is 5.82 Å². The third-order valence-corrected chi connectivity index (χ3v) is 4.75. The number of hydrogen-bond donors (Lipinski definition) is 1. The number of aromatic nitrogens is 5. The lowest BCUT2D eigenvalue weighted by Gasteiger charge is -2.32. The highest BCUT2D eigenvalue weighted by atomic mass is 15.2. The topological polar surface area (TPSA) is 93.7 Å². The van der Waals surface area contributed by atoms with Gasteiger partial charge in [0.1, 0.15) is 11.5 Å². The van der Waals surface area contributed by atoms with E-state index in [0.29, 0.717) is 17.4 Å². The molecule has 0 atom stereocenters. The molecule has 4 heterocycles. The summed E-state index contributed by atoms with van der Waals surface area (Å²) in [4.78, 5) is 24.4. The first-order chi connectivity index (χ1) is 12.8. The smallest absolute Gasteiger partial charge is 0.182 e. The maximum atomic E-state index is 5.82. The molecule has 0 saturated carbocycles. The van der Waals surface area contributed by atoms with Crippen LogP contribution in [-0.4, -0.2) is 44.6 Å². The Bertz CT molecular complexity index is 789. The molecule has 3 aromatic rings. The molecule has 0 amide bonds. The highest BCUT2D eigenvalue weighted by Crippen LogP contribution is 2.27. The Labute approximate surface area is 152 Å². The van der Waals surface area contributed by atoms with Gasteiger partial charge in [-0.1, -0.05) is 0 Å². The summed E-state index contributed by atoms with van der Waals surface area (Å²) in [6, 6.07) is 5.94. The van der Waals surface area contributed by atoms with Crippen molar-refractivity contribution in [3.63, 3.8) is 0 Å². The molecule has 2 N–H and O–H groups in total. The van der Waals surface area contributed by atoms with Crippen molar-refractivity contribution in [2.24, 2.45) is 11.7 Å². The molecule has 0 unspecified atom stereocenters. The Balaban J connectivity index is 1.74. The van der Waals surface area contributed by atoms with Crippen molar-refractivity contribution in [2.75, 3.05) is 24.5 Å². The molecule has 3 aromatic heterocycles. The van der Waals surface area contributed by atoms with E-state index < -0.39 is 0 Å². The molecule has 0 aromatic carbocycles. The molecular formula is C19H21N7. The first-order valence-corrected chi connectivity index (χ1v) is 8.84. The van der Waals surface area contributed by atoms with Crippen molar-refractivity contribution in [3.05, 3.63) is 49.2 Å². The molecule has 7 nitrogen and oxygen atoms in total. The summed E-state index contributed by atoms with van der Waals surface area (Å²) >= 11 is 0. The zero-order valence-electron chi connectivity index (χ0n) is 14.5. The molecule has 1 aliphatic heterocycles. The van der Waals surface area contributed by atoms with Gasteiger partial charge in [0.2, 0.25) is 0 Å². The van der Waals surface area contributed by atoms with Crippen molar-refractivity contribution >= 4 is 5.82 Å². The van der Waals surface area contributed by atoms with Gasteiger partial charge < -0.3 is 10.6 Å². The van der Waals surface area contributed by atoms with Crippen LogP contribution in [0.15, 0.2) is 49.2 Å². The van der Waals surface area contributed by atoms with Gasteiger partial charge in [-0.2, -0.15) is 0 Å². The lowest BCUT2D eigenvalue weighted by Crippen LogP contribution is -2.36. The van der Waals surface area contributed by atoms with Gasteiger partial charge in [-0.05, 0) is 37.4 Å². The Hall–Kier alpha value is -2.93. The summed E-state index contributed by atoms with van der Waals surface area (Å²) in [6.07, 6.45) is 10.7. The monoisotopic (exact) mass is 347 g/mol. The molecule has 1 saturated heterocycles. The molecule has 0 radical (unpaired) electrons. The van der Waals surface area contributed by atoms with E-state index in [1.54, 1.807) is 31.0 Å². The standard InChI is InChI=1S/C19H21N7/c20-12-14-3-9-26(10-4-14)18-11-16(15-1-5-21-6-2-15)24-19(25-18)17-13-22-7-8-23-17/h1-2,5-8,11,13-14H,3-4,9-10,12,20H2. The molecule has 0 bridgehead atoms. The Morgan fingerprint density at radius 3 is 2.46 bits per heavy atom. The van der Waals surface area contributed by atoms with Crippen LogP contribution in [-0.2, 0) is 0 Å². The normalized spacial score (nSPS) is 15.2. The molecular weight excluding hydrogens is 326 g/mol. The fourth-order valence-electron chi connectivity index (χ4n) is 3.19. The van der Waals surface area contributed by atoms with Gasteiger partial charge in [-0.15, -0.1) is 0 Å². The van der Waals surface area contributed by atoms with Gasteiger partial charge in [0.25, 0.3) is 0 Å². The molecule has 1 aliphatic rings. The summed E-state index contributed by atoms with van der Waals surface area (Å²) in [5.74, 6) is 2.11. The predicted molar refractivity (Wildman–Crippen MR) is 100 cm³/mol. The quantitative estimate of drug-likeness (QED) is 0.773. The second-order valence-corrected chi connectivity index (χ2v) is 6.43. The summed E-state index contributed by atoms with van der Waals surface area (Å²) in [5, 5.41) is 0. The van der Waals surface area contributed by atoms with Crippen LogP contribution in [0.3, 0.4) is 0 Å². The Morgan fingerprint density at radius 1 is 0.962 bits per heavy atom. The minimum Gasteiger partial charge on any atom is -0.356 e. The highest BCUT2D eigenvalue weighted by molar-refractivity contribution is 5.66.